The molecule has 0 amide bonds. The van der Waals surface area contributed by atoms with Crippen LogP contribution in [-0.2, 0) is 6.54 Å². The van der Waals surface area contributed by atoms with Gasteiger partial charge in [0, 0.05) is 30.7 Å². The summed E-state index contributed by atoms with van der Waals surface area (Å²) in [5.74, 6) is -0.189. The lowest BCUT2D eigenvalue weighted by Gasteiger charge is -2.23. The lowest BCUT2D eigenvalue weighted by atomic mass is 10.1. The molecule has 4 heterocycles. The van der Waals surface area contributed by atoms with E-state index in [2.05, 4.69) is 38.7 Å². The minimum Gasteiger partial charge on any atom is -0.305 e. The quantitative estimate of drug-likeness (QED) is 0.512. The molecule has 5 rings (SSSR count). The van der Waals surface area contributed by atoms with Gasteiger partial charge in [-0.05, 0) is 54.8 Å². The van der Waals surface area contributed by atoms with Gasteiger partial charge in [-0.1, -0.05) is 24.3 Å². The van der Waals surface area contributed by atoms with Crippen LogP contribution in [0.5, 0.6) is 0 Å². The molecule has 0 spiro atoms. The van der Waals surface area contributed by atoms with E-state index in [9.17, 15) is 4.39 Å². The van der Waals surface area contributed by atoms with Crippen molar-refractivity contribution in [1.82, 2.24) is 19.3 Å². The number of halogens is 1. The molecule has 1 saturated heterocycles. The van der Waals surface area contributed by atoms with Gasteiger partial charge in [0.05, 0.1) is 23.6 Å². The van der Waals surface area contributed by atoms with Gasteiger partial charge in [0.1, 0.15) is 5.82 Å². The summed E-state index contributed by atoms with van der Waals surface area (Å²) in [5, 5.41) is 0. The highest BCUT2D eigenvalue weighted by Crippen LogP contribution is 2.35. The molecule has 4 nitrogen and oxygen atoms in total. The van der Waals surface area contributed by atoms with E-state index in [1.54, 1.807) is 6.20 Å². The summed E-state index contributed by atoms with van der Waals surface area (Å²) in [5.41, 5.74) is 5.62. The molecular formula is C23H21FN4. The first-order chi connectivity index (χ1) is 13.8. The number of benzene rings is 1. The molecule has 0 aliphatic carbocycles. The van der Waals surface area contributed by atoms with E-state index in [1.165, 1.54) is 12.1 Å². The molecule has 0 saturated carbocycles. The number of fused-ring (bicyclic) bond motifs is 1. The summed E-state index contributed by atoms with van der Waals surface area (Å²) < 4.78 is 15.3. The third-order valence-electron chi connectivity index (χ3n) is 5.53. The molecule has 0 N–H and O–H groups in total. The van der Waals surface area contributed by atoms with E-state index in [0.29, 0.717) is 6.04 Å². The van der Waals surface area contributed by atoms with Crippen molar-refractivity contribution in [1.29, 1.82) is 0 Å². The third kappa shape index (κ3) is 3.18. The molecule has 5 heteroatoms. The van der Waals surface area contributed by atoms with Crippen LogP contribution in [0.25, 0.3) is 16.6 Å². The fourth-order valence-corrected chi connectivity index (χ4v) is 4.13. The largest absolute Gasteiger partial charge is 0.305 e. The predicted octanol–water partition coefficient (Wildman–Crippen LogP) is 4.87. The minimum absolute atomic E-state index is 0.189. The molecule has 28 heavy (non-hydrogen) atoms. The van der Waals surface area contributed by atoms with Crippen LogP contribution in [0.4, 0.5) is 4.39 Å². The molecule has 0 radical (unpaired) electrons. The average molecular weight is 372 g/mol. The molecule has 1 atom stereocenters. The van der Waals surface area contributed by atoms with E-state index in [4.69, 9.17) is 4.98 Å². The maximum atomic E-state index is 13.2. The van der Waals surface area contributed by atoms with Crippen molar-refractivity contribution in [3.8, 4) is 11.1 Å². The molecule has 4 aromatic rings. The van der Waals surface area contributed by atoms with Crippen molar-refractivity contribution in [3.63, 3.8) is 0 Å². The van der Waals surface area contributed by atoms with Gasteiger partial charge < -0.3 is 4.40 Å². The minimum atomic E-state index is -0.189. The van der Waals surface area contributed by atoms with Gasteiger partial charge in [-0.2, -0.15) is 0 Å². The van der Waals surface area contributed by atoms with Gasteiger partial charge in [0.25, 0.3) is 0 Å². The van der Waals surface area contributed by atoms with E-state index in [1.807, 2.05) is 30.7 Å². The number of nitrogens with zero attached hydrogens (tertiary/aromatic N) is 4. The number of likely N-dealkylation sites (tertiary alicyclic amines) is 1. The number of hydrogen-bond donors (Lipinski definition) is 0. The Hall–Kier alpha value is -3.05. The molecule has 1 unspecified atom stereocenters. The smallest absolute Gasteiger partial charge is 0.123 e. The number of hydrogen-bond acceptors (Lipinski definition) is 3. The zero-order valence-corrected chi connectivity index (χ0v) is 15.5. The summed E-state index contributed by atoms with van der Waals surface area (Å²) >= 11 is 0. The van der Waals surface area contributed by atoms with Crippen molar-refractivity contribution < 1.29 is 4.39 Å². The highest BCUT2D eigenvalue weighted by molar-refractivity contribution is 5.66. The molecule has 1 aliphatic rings. The third-order valence-corrected chi connectivity index (χ3v) is 5.53. The molecule has 1 aliphatic heterocycles. The van der Waals surface area contributed by atoms with E-state index < -0.39 is 0 Å². The zero-order valence-electron chi connectivity index (χ0n) is 15.5. The average Bonchev–Trinajstić information content (AvgIpc) is 3.36. The summed E-state index contributed by atoms with van der Waals surface area (Å²) in [4.78, 5) is 11.4. The van der Waals surface area contributed by atoms with Crippen LogP contribution in [0.2, 0.25) is 0 Å². The van der Waals surface area contributed by atoms with Crippen LogP contribution in [0.3, 0.4) is 0 Å². The molecule has 0 bridgehead atoms. The Morgan fingerprint density at radius 2 is 1.93 bits per heavy atom. The van der Waals surface area contributed by atoms with Crippen LogP contribution >= 0.6 is 0 Å². The van der Waals surface area contributed by atoms with Crippen molar-refractivity contribution in [2.24, 2.45) is 0 Å². The van der Waals surface area contributed by atoms with E-state index in [0.717, 1.165) is 53.8 Å². The Morgan fingerprint density at radius 3 is 2.75 bits per heavy atom. The fourth-order valence-electron chi connectivity index (χ4n) is 4.13. The molecule has 1 aromatic carbocycles. The lowest BCUT2D eigenvalue weighted by Crippen LogP contribution is -2.23. The molecular weight excluding hydrogens is 351 g/mol. The molecule has 1 fully saturated rings. The summed E-state index contributed by atoms with van der Waals surface area (Å²) in [6, 6.07) is 15.4. The van der Waals surface area contributed by atoms with Crippen LogP contribution in [0.15, 0.2) is 73.4 Å². The molecule has 140 valence electrons. The summed E-state index contributed by atoms with van der Waals surface area (Å²) in [6.45, 7) is 1.85. The Morgan fingerprint density at radius 1 is 1.04 bits per heavy atom. The number of rotatable bonds is 4. The van der Waals surface area contributed by atoms with Crippen LogP contribution in [0, 0.1) is 5.82 Å². The Bertz CT molecular complexity index is 1090. The maximum Gasteiger partial charge on any atom is 0.123 e. The standard InChI is InChI=1S/C23H21FN4/c24-20-8-5-17(6-9-20)14-27-12-2-4-21(27)23-22-10-7-19(15-28(22)16-26-23)18-3-1-11-25-13-18/h1,3,5-11,13,15-16,21H,2,4,12,14H2. The van der Waals surface area contributed by atoms with Gasteiger partial charge in [-0.15, -0.1) is 0 Å². The number of imidazole rings is 1. The Kier molecular flexibility index (Phi) is 4.37. The zero-order chi connectivity index (χ0) is 18.9. The summed E-state index contributed by atoms with van der Waals surface area (Å²) in [6.07, 6.45) is 9.92. The maximum absolute atomic E-state index is 13.2. The first-order valence-electron chi connectivity index (χ1n) is 9.63. The van der Waals surface area contributed by atoms with Gasteiger partial charge in [-0.3, -0.25) is 9.88 Å². The SMILES string of the molecule is Fc1ccc(CN2CCCC2c2ncn3cc(-c4cccnc4)ccc23)cc1. The van der Waals surface area contributed by atoms with Gasteiger partial charge >= 0.3 is 0 Å². The first-order valence-corrected chi connectivity index (χ1v) is 9.63. The first kappa shape index (κ1) is 17.1. The highest BCUT2D eigenvalue weighted by Gasteiger charge is 2.29. The number of pyridine rings is 2. The monoisotopic (exact) mass is 372 g/mol. The Labute approximate surface area is 163 Å². The summed E-state index contributed by atoms with van der Waals surface area (Å²) in [7, 11) is 0. The predicted molar refractivity (Wildman–Crippen MR) is 107 cm³/mol. The van der Waals surface area contributed by atoms with E-state index >= 15 is 0 Å². The Balaban J connectivity index is 1.44. The highest BCUT2D eigenvalue weighted by atomic mass is 19.1. The second kappa shape index (κ2) is 7.17. The van der Waals surface area contributed by atoms with Crippen molar-refractivity contribution in [3.05, 3.63) is 90.5 Å². The second-order valence-corrected chi connectivity index (χ2v) is 7.34. The van der Waals surface area contributed by atoms with Gasteiger partial charge in [0.15, 0.2) is 0 Å². The normalized spacial score (nSPS) is 17.4. The van der Waals surface area contributed by atoms with Gasteiger partial charge in [0.2, 0.25) is 0 Å². The fraction of sp³-hybridized carbons (Fsp3) is 0.217. The van der Waals surface area contributed by atoms with Crippen molar-refractivity contribution >= 4 is 5.52 Å². The van der Waals surface area contributed by atoms with Crippen LogP contribution < -0.4 is 0 Å². The second-order valence-electron chi connectivity index (χ2n) is 7.34. The van der Waals surface area contributed by atoms with Crippen molar-refractivity contribution in [2.75, 3.05) is 6.54 Å². The topological polar surface area (TPSA) is 33.4 Å². The van der Waals surface area contributed by atoms with Crippen molar-refractivity contribution in [2.45, 2.75) is 25.4 Å². The van der Waals surface area contributed by atoms with Gasteiger partial charge in [-0.25, -0.2) is 9.37 Å². The van der Waals surface area contributed by atoms with E-state index in [-0.39, 0.29) is 5.82 Å². The molecule has 3 aromatic heterocycles. The number of aromatic nitrogens is 3. The van der Waals surface area contributed by atoms with Crippen LogP contribution in [-0.4, -0.2) is 25.8 Å². The lowest BCUT2D eigenvalue weighted by molar-refractivity contribution is 0.246. The van der Waals surface area contributed by atoms with Crippen LogP contribution in [0.1, 0.15) is 30.1 Å².